The fourth-order valence-electron chi connectivity index (χ4n) is 3.21. The minimum atomic E-state index is -3.78. The molecule has 1 N–H and O–H groups in total. The normalized spacial score (nSPS) is 14.5. The first-order chi connectivity index (χ1) is 14.3. The number of hydrogen-bond acceptors (Lipinski definition) is 6. The zero-order chi connectivity index (χ0) is 21.3. The average Bonchev–Trinajstić information content (AvgIpc) is 3.32. The molecule has 3 aromatic rings. The van der Waals surface area contributed by atoms with Gasteiger partial charge in [0.15, 0.2) is 0 Å². The number of pyridine rings is 1. The Morgan fingerprint density at radius 3 is 2.33 bits per heavy atom. The highest BCUT2D eigenvalue weighted by atomic mass is 32.2. The molecule has 30 heavy (non-hydrogen) atoms. The van der Waals surface area contributed by atoms with Crippen LogP contribution in [0.2, 0.25) is 0 Å². The van der Waals surface area contributed by atoms with Crippen LogP contribution in [0.1, 0.15) is 18.4 Å². The summed E-state index contributed by atoms with van der Waals surface area (Å²) in [5, 5.41) is 4.12. The molecule has 10 heteroatoms. The van der Waals surface area contributed by atoms with Gasteiger partial charge in [0.2, 0.25) is 21.8 Å². The number of aryl methyl sites for hydroxylation is 1. The fraction of sp³-hybridized carbons (Fsp3) is 0.200. The summed E-state index contributed by atoms with van der Waals surface area (Å²) in [7, 11) is -1.97. The van der Waals surface area contributed by atoms with Crippen LogP contribution in [-0.4, -0.2) is 35.0 Å². The van der Waals surface area contributed by atoms with Gasteiger partial charge < -0.3 is 0 Å². The van der Waals surface area contributed by atoms with Crippen LogP contribution in [-0.2, 0) is 33.2 Å². The molecule has 1 aromatic carbocycles. The number of amides is 2. The lowest BCUT2D eigenvalue weighted by Crippen LogP contribution is -2.28. The van der Waals surface area contributed by atoms with Crippen molar-refractivity contribution < 1.29 is 18.0 Å². The van der Waals surface area contributed by atoms with Crippen LogP contribution in [0.15, 0.2) is 60.0 Å². The molecule has 2 aromatic heterocycles. The van der Waals surface area contributed by atoms with Crippen LogP contribution in [0.25, 0.3) is 11.1 Å². The zero-order valence-electron chi connectivity index (χ0n) is 16.1. The lowest BCUT2D eigenvalue weighted by molar-refractivity contribution is -0.121. The van der Waals surface area contributed by atoms with Crippen molar-refractivity contribution in [3.63, 3.8) is 0 Å². The van der Waals surface area contributed by atoms with E-state index in [1.165, 1.54) is 24.3 Å². The minimum Gasteiger partial charge on any atom is -0.275 e. The first kappa shape index (κ1) is 19.9. The first-order valence-corrected chi connectivity index (χ1v) is 10.7. The van der Waals surface area contributed by atoms with Gasteiger partial charge in [-0.05, 0) is 35.9 Å². The summed E-state index contributed by atoms with van der Waals surface area (Å²) in [6.45, 7) is 0.0638. The summed E-state index contributed by atoms with van der Waals surface area (Å²) in [5.74, 6) is -0.565. The molecule has 1 aliphatic heterocycles. The number of aromatic nitrogens is 3. The first-order valence-electron chi connectivity index (χ1n) is 9.22. The highest BCUT2D eigenvalue weighted by Gasteiger charge is 2.30. The molecule has 0 aliphatic carbocycles. The SMILES string of the molecule is Cn1cc(-c2cncc(CNS(=O)(=O)c3ccc(N4C(=O)CCC4=O)cc3)c2)cn1. The molecular weight excluding hydrogens is 406 g/mol. The third-order valence-corrected chi connectivity index (χ3v) is 6.17. The number of rotatable bonds is 6. The molecule has 4 rings (SSSR count). The molecule has 3 heterocycles. The molecule has 0 saturated carbocycles. The molecule has 1 fully saturated rings. The molecule has 0 bridgehead atoms. The van der Waals surface area contributed by atoms with Crippen molar-refractivity contribution in [1.29, 1.82) is 0 Å². The highest BCUT2D eigenvalue weighted by molar-refractivity contribution is 7.89. The third-order valence-electron chi connectivity index (χ3n) is 4.76. The van der Waals surface area contributed by atoms with Gasteiger partial charge in [-0.1, -0.05) is 0 Å². The van der Waals surface area contributed by atoms with Crippen molar-refractivity contribution in [3.8, 4) is 11.1 Å². The fourth-order valence-corrected chi connectivity index (χ4v) is 4.23. The van der Waals surface area contributed by atoms with E-state index in [-0.39, 0.29) is 36.1 Å². The van der Waals surface area contributed by atoms with E-state index in [9.17, 15) is 18.0 Å². The van der Waals surface area contributed by atoms with Crippen molar-refractivity contribution in [1.82, 2.24) is 19.5 Å². The number of hydrogen-bond donors (Lipinski definition) is 1. The van der Waals surface area contributed by atoms with E-state index in [1.807, 2.05) is 19.3 Å². The standard InChI is InChI=1S/C20H19N5O4S/c1-24-13-16(12-22-24)15-8-14(9-21-11-15)10-23-30(28,29)18-4-2-17(3-5-18)25-19(26)6-7-20(25)27/h2-5,8-9,11-13,23H,6-7,10H2,1H3. The lowest BCUT2D eigenvalue weighted by Gasteiger charge is -2.14. The zero-order valence-corrected chi connectivity index (χ0v) is 17.0. The Hall–Kier alpha value is -3.37. The minimum absolute atomic E-state index is 0.0433. The number of nitrogens with zero attached hydrogens (tertiary/aromatic N) is 4. The number of carbonyl (C=O) groups excluding carboxylic acids is 2. The van der Waals surface area contributed by atoms with Gasteiger partial charge in [0, 0.05) is 56.2 Å². The maximum absolute atomic E-state index is 12.6. The molecule has 0 spiro atoms. The summed E-state index contributed by atoms with van der Waals surface area (Å²) >= 11 is 0. The van der Waals surface area contributed by atoms with Crippen molar-refractivity contribution in [2.45, 2.75) is 24.3 Å². The Bertz CT molecular complexity index is 1200. The van der Waals surface area contributed by atoms with Crippen LogP contribution < -0.4 is 9.62 Å². The van der Waals surface area contributed by atoms with Crippen LogP contribution in [0, 0.1) is 0 Å². The largest absolute Gasteiger partial charge is 0.275 e. The topological polar surface area (TPSA) is 114 Å². The van der Waals surface area contributed by atoms with E-state index in [0.29, 0.717) is 11.3 Å². The second-order valence-corrected chi connectivity index (χ2v) is 8.69. The monoisotopic (exact) mass is 425 g/mol. The van der Waals surface area contributed by atoms with Gasteiger partial charge in [-0.15, -0.1) is 0 Å². The molecular formula is C20H19N5O4S. The quantitative estimate of drug-likeness (QED) is 0.600. The molecule has 0 radical (unpaired) electrons. The van der Waals surface area contributed by atoms with E-state index in [4.69, 9.17) is 0 Å². The summed E-state index contributed by atoms with van der Waals surface area (Å²) < 4.78 is 29.5. The van der Waals surface area contributed by atoms with Gasteiger partial charge in [0.05, 0.1) is 16.8 Å². The maximum Gasteiger partial charge on any atom is 0.240 e. The smallest absolute Gasteiger partial charge is 0.240 e. The van der Waals surface area contributed by atoms with Crippen LogP contribution >= 0.6 is 0 Å². The predicted octanol–water partition coefficient (Wildman–Crippen LogP) is 1.61. The van der Waals surface area contributed by atoms with Crippen molar-refractivity contribution in [2.75, 3.05) is 4.90 Å². The predicted molar refractivity (Wildman–Crippen MR) is 109 cm³/mol. The molecule has 154 valence electrons. The number of imide groups is 1. The van der Waals surface area contributed by atoms with Gasteiger partial charge in [-0.2, -0.15) is 5.10 Å². The lowest BCUT2D eigenvalue weighted by atomic mass is 10.1. The van der Waals surface area contributed by atoms with Crippen molar-refractivity contribution in [3.05, 3.63) is 60.7 Å². The van der Waals surface area contributed by atoms with E-state index < -0.39 is 10.0 Å². The van der Waals surface area contributed by atoms with Crippen LogP contribution in [0.4, 0.5) is 5.69 Å². The van der Waals surface area contributed by atoms with Gasteiger partial charge in [-0.3, -0.25) is 24.2 Å². The highest BCUT2D eigenvalue weighted by Crippen LogP contribution is 2.24. The number of nitrogens with one attached hydrogen (secondary N) is 1. The Balaban J connectivity index is 1.47. The molecule has 1 saturated heterocycles. The Morgan fingerprint density at radius 2 is 1.70 bits per heavy atom. The summed E-state index contributed by atoms with van der Waals surface area (Å²) in [6, 6.07) is 7.52. The summed E-state index contributed by atoms with van der Waals surface area (Å²) in [4.78, 5) is 28.9. The van der Waals surface area contributed by atoms with Crippen molar-refractivity contribution in [2.24, 2.45) is 7.05 Å². The van der Waals surface area contributed by atoms with Crippen molar-refractivity contribution >= 4 is 27.5 Å². The number of sulfonamides is 1. The molecule has 0 unspecified atom stereocenters. The molecule has 2 amide bonds. The summed E-state index contributed by atoms with van der Waals surface area (Å²) in [5.41, 5.74) is 2.79. The van der Waals surface area contributed by atoms with Gasteiger partial charge in [-0.25, -0.2) is 13.1 Å². The Labute approximate surface area is 173 Å². The van der Waals surface area contributed by atoms with E-state index in [0.717, 1.165) is 16.0 Å². The van der Waals surface area contributed by atoms with E-state index in [1.54, 1.807) is 23.3 Å². The van der Waals surface area contributed by atoms with Crippen LogP contribution in [0.3, 0.4) is 0 Å². The number of benzene rings is 1. The second-order valence-electron chi connectivity index (χ2n) is 6.93. The maximum atomic E-state index is 12.6. The summed E-state index contributed by atoms with van der Waals surface area (Å²) in [6.07, 6.45) is 7.19. The van der Waals surface area contributed by atoms with E-state index >= 15 is 0 Å². The Morgan fingerprint density at radius 1 is 1.00 bits per heavy atom. The van der Waals surface area contributed by atoms with E-state index in [2.05, 4.69) is 14.8 Å². The Kier molecular flexibility index (Phi) is 5.18. The van der Waals surface area contributed by atoms with Gasteiger partial charge in [0.1, 0.15) is 0 Å². The second kappa shape index (κ2) is 7.81. The third kappa shape index (κ3) is 4.00. The molecule has 0 atom stereocenters. The molecule has 1 aliphatic rings. The average molecular weight is 425 g/mol. The number of anilines is 1. The molecule has 9 nitrogen and oxygen atoms in total. The van der Waals surface area contributed by atoms with Crippen LogP contribution in [0.5, 0.6) is 0 Å². The van der Waals surface area contributed by atoms with Gasteiger partial charge in [0.25, 0.3) is 0 Å². The number of carbonyl (C=O) groups is 2. The van der Waals surface area contributed by atoms with Gasteiger partial charge >= 0.3 is 0 Å².